The minimum absolute atomic E-state index is 0.144. The van der Waals surface area contributed by atoms with E-state index in [2.05, 4.69) is 4.98 Å². The zero-order valence-electron chi connectivity index (χ0n) is 13.2. The average Bonchev–Trinajstić information content (AvgIpc) is 2.52. The summed E-state index contributed by atoms with van der Waals surface area (Å²) in [7, 11) is 1.50. The number of hydrogen-bond donors (Lipinski definition) is 0. The molecule has 6 nitrogen and oxygen atoms in total. The number of methoxy groups -OCH3 is 1. The van der Waals surface area contributed by atoms with Gasteiger partial charge in [0.2, 0.25) is 5.88 Å². The van der Waals surface area contributed by atoms with E-state index < -0.39 is 5.97 Å². The molecule has 2 heterocycles. The number of aromatic nitrogens is 1. The number of esters is 1. The summed E-state index contributed by atoms with van der Waals surface area (Å²) in [5.74, 6) is -0.279. The van der Waals surface area contributed by atoms with Crippen LogP contribution in [0.25, 0.3) is 0 Å². The summed E-state index contributed by atoms with van der Waals surface area (Å²) in [4.78, 5) is 30.0. The largest absolute Gasteiger partial charge is 0.481 e. The fraction of sp³-hybridized carbons (Fsp3) is 0.562. The molecule has 0 saturated carbocycles. The maximum atomic E-state index is 12.3. The number of piperidine rings is 1. The first kappa shape index (κ1) is 16.3. The molecule has 0 bridgehead atoms. The molecule has 0 spiro atoms. The van der Waals surface area contributed by atoms with Gasteiger partial charge in [-0.25, -0.2) is 9.78 Å². The third kappa shape index (κ3) is 3.75. The van der Waals surface area contributed by atoms with Crippen molar-refractivity contribution >= 4 is 11.9 Å². The van der Waals surface area contributed by atoms with Gasteiger partial charge in [-0.1, -0.05) is 0 Å². The van der Waals surface area contributed by atoms with Crippen LogP contribution in [0.4, 0.5) is 0 Å². The smallest absolute Gasteiger partial charge is 0.340 e. The molecule has 1 amide bonds. The van der Waals surface area contributed by atoms with Crippen LogP contribution >= 0.6 is 0 Å². The Morgan fingerprint density at radius 2 is 1.95 bits per heavy atom. The van der Waals surface area contributed by atoms with Crippen LogP contribution < -0.4 is 4.74 Å². The summed E-state index contributed by atoms with van der Waals surface area (Å²) in [5, 5.41) is 0. The van der Waals surface area contributed by atoms with E-state index >= 15 is 0 Å². The standard InChI is InChI=1S/C16H22N2O4/c1-11-5-4-6-12(2)18(11)15(19)10-22-16(20)13-7-8-14(21-3)17-9-13/h7-9,11-12H,4-6,10H2,1-3H3. The molecule has 1 aromatic heterocycles. The Hall–Kier alpha value is -2.11. The highest BCUT2D eigenvalue weighted by molar-refractivity contribution is 5.91. The molecule has 2 rings (SSSR count). The second kappa shape index (κ2) is 7.24. The third-order valence-corrected chi connectivity index (χ3v) is 3.99. The molecule has 120 valence electrons. The van der Waals surface area contributed by atoms with Gasteiger partial charge in [0.1, 0.15) is 0 Å². The van der Waals surface area contributed by atoms with Crippen LogP contribution in [0.1, 0.15) is 43.5 Å². The molecule has 0 N–H and O–H groups in total. The van der Waals surface area contributed by atoms with Crippen LogP contribution in [0, 0.1) is 0 Å². The molecule has 2 unspecified atom stereocenters. The predicted molar refractivity (Wildman–Crippen MR) is 80.7 cm³/mol. The minimum atomic E-state index is -0.555. The lowest BCUT2D eigenvalue weighted by Gasteiger charge is -2.38. The van der Waals surface area contributed by atoms with Gasteiger partial charge in [0.15, 0.2) is 6.61 Å². The lowest BCUT2D eigenvalue weighted by molar-refractivity contribution is -0.140. The van der Waals surface area contributed by atoms with E-state index in [0.29, 0.717) is 11.4 Å². The van der Waals surface area contributed by atoms with Gasteiger partial charge in [-0.05, 0) is 39.2 Å². The summed E-state index contributed by atoms with van der Waals surface area (Å²) >= 11 is 0. The molecule has 6 heteroatoms. The Morgan fingerprint density at radius 1 is 1.27 bits per heavy atom. The molecule has 2 atom stereocenters. The van der Waals surface area contributed by atoms with Crippen molar-refractivity contribution in [2.75, 3.05) is 13.7 Å². The molecule has 0 aliphatic carbocycles. The van der Waals surface area contributed by atoms with E-state index in [1.54, 1.807) is 12.1 Å². The van der Waals surface area contributed by atoms with Gasteiger partial charge in [0.25, 0.3) is 5.91 Å². The van der Waals surface area contributed by atoms with Gasteiger partial charge in [-0.3, -0.25) is 4.79 Å². The van der Waals surface area contributed by atoms with Crippen molar-refractivity contribution in [1.82, 2.24) is 9.88 Å². The molecular weight excluding hydrogens is 284 g/mol. The Bertz CT molecular complexity index is 519. The number of likely N-dealkylation sites (tertiary alicyclic amines) is 1. The number of hydrogen-bond acceptors (Lipinski definition) is 5. The molecular formula is C16H22N2O4. The maximum absolute atomic E-state index is 12.3. The van der Waals surface area contributed by atoms with Gasteiger partial charge in [0.05, 0.1) is 12.7 Å². The highest BCUT2D eigenvalue weighted by atomic mass is 16.5. The quantitative estimate of drug-likeness (QED) is 0.796. The van der Waals surface area contributed by atoms with Crippen molar-refractivity contribution in [3.05, 3.63) is 23.9 Å². The summed E-state index contributed by atoms with van der Waals surface area (Å²) < 4.78 is 10.0. The molecule has 1 aromatic rings. The van der Waals surface area contributed by atoms with Gasteiger partial charge in [-0.2, -0.15) is 0 Å². The minimum Gasteiger partial charge on any atom is -0.481 e. The summed E-state index contributed by atoms with van der Waals surface area (Å²) in [6, 6.07) is 3.52. The summed E-state index contributed by atoms with van der Waals surface area (Å²) in [5.41, 5.74) is 0.299. The van der Waals surface area contributed by atoms with Gasteiger partial charge in [-0.15, -0.1) is 0 Å². The number of carbonyl (C=O) groups is 2. The fourth-order valence-corrected chi connectivity index (χ4v) is 2.82. The van der Waals surface area contributed by atoms with Crippen molar-refractivity contribution in [2.45, 2.75) is 45.2 Å². The van der Waals surface area contributed by atoms with E-state index in [0.717, 1.165) is 19.3 Å². The van der Waals surface area contributed by atoms with Crippen molar-refractivity contribution in [2.24, 2.45) is 0 Å². The van der Waals surface area contributed by atoms with Crippen LogP contribution in [0.15, 0.2) is 18.3 Å². The number of pyridine rings is 1. The fourth-order valence-electron chi connectivity index (χ4n) is 2.82. The van der Waals surface area contributed by atoms with Crippen molar-refractivity contribution in [1.29, 1.82) is 0 Å². The Kier molecular flexibility index (Phi) is 5.35. The van der Waals surface area contributed by atoms with E-state index in [1.807, 2.05) is 18.7 Å². The predicted octanol–water partition coefficient (Wildman–Crippen LogP) is 2.04. The van der Waals surface area contributed by atoms with Crippen molar-refractivity contribution in [3.63, 3.8) is 0 Å². The van der Waals surface area contributed by atoms with Gasteiger partial charge < -0.3 is 14.4 Å². The second-order valence-electron chi connectivity index (χ2n) is 5.60. The monoisotopic (exact) mass is 306 g/mol. The topological polar surface area (TPSA) is 68.7 Å². The SMILES string of the molecule is COc1ccc(C(=O)OCC(=O)N2C(C)CCCC2C)cn1. The summed E-state index contributed by atoms with van der Waals surface area (Å²) in [6.07, 6.45) is 4.49. The van der Waals surface area contributed by atoms with Gasteiger partial charge >= 0.3 is 5.97 Å². The summed E-state index contributed by atoms with van der Waals surface area (Å²) in [6.45, 7) is 3.82. The van der Waals surface area contributed by atoms with Crippen LogP contribution in [0.3, 0.4) is 0 Å². The normalized spacial score (nSPS) is 21.3. The first-order chi connectivity index (χ1) is 10.5. The first-order valence-corrected chi connectivity index (χ1v) is 7.51. The lowest BCUT2D eigenvalue weighted by atomic mass is 9.97. The maximum Gasteiger partial charge on any atom is 0.340 e. The molecule has 1 aliphatic rings. The Morgan fingerprint density at radius 3 is 2.50 bits per heavy atom. The van der Waals surface area contributed by atoms with E-state index in [9.17, 15) is 9.59 Å². The highest BCUT2D eigenvalue weighted by Gasteiger charge is 2.29. The molecule has 1 aliphatic heterocycles. The van der Waals surface area contributed by atoms with Gasteiger partial charge in [0, 0.05) is 24.3 Å². The molecule has 22 heavy (non-hydrogen) atoms. The van der Waals surface area contributed by atoms with E-state index in [-0.39, 0.29) is 24.6 Å². The number of carbonyl (C=O) groups excluding carboxylic acids is 2. The van der Waals surface area contributed by atoms with Crippen molar-refractivity contribution < 1.29 is 19.1 Å². The van der Waals surface area contributed by atoms with Crippen LogP contribution in [0.2, 0.25) is 0 Å². The second-order valence-corrected chi connectivity index (χ2v) is 5.60. The molecule has 0 aromatic carbocycles. The highest BCUT2D eigenvalue weighted by Crippen LogP contribution is 2.22. The number of amides is 1. The number of rotatable bonds is 4. The average molecular weight is 306 g/mol. The molecule has 0 radical (unpaired) electrons. The van der Waals surface area contributed by atoms with Crippen LogP contribution in [-0.4, -0.2) is 47.6 Å². The Balaban J connectivity index is 1.90. The number of nitrogens with zero attached hydrogens (tertiary/aromatic N) is 2. The number of ether oxygens (including phenoxy) is 2. The molecule has 1 saturated heterocycles. The first-order valence-electron chi connectivity index (χ1n) is 7.51. The molecule has 1 fully saturated rings. The zero-order valence-corrected chi connectivity index (χ0v) is 13.2. The van der Waals surface area contributed by atoms with Crippen LogP contribution in [0.5, 0.6) is 5.88 Å². The van der Waals surface area contributed by atoms with Crippen molar-refractivity contribution in [3.8, 4) is 5.88 Å². The van der Waals surface area contributed by atoms with E-state index in [1.165, 1.54) is 13.3 Å². The van der Waals surface area contributed by atoms with E-state index in [4.69, 9.17) is 9.47 Å². The zero-order chi connectivity index (χ0) is 16.1. The lowest BCUT2D eigenvalue weighted by Crippen LogP contribution is -2.49. The van der Waals surface area contributed by atoms with Crippen LogP contribution in [-0.2, 0) is 9.53 Å². The third-order valence-electron chi connectivity index (χ3n) is 3.99. The Labute approximate surface area is 130 Å².